The highest BCUT2D eigenvalue weighted by atomic mass is 16.6. The highest BCUT2D eigenvalue weighted by Crippen LogP contribution is 2.26. The second-order valence-electron chi connectivity index (χ2n) is 7.92. The predicted molar refractivity (Wildman–Crippen MR) is 111 cm³/mol. The Morgan fingerprint density at radius 1 is 1.03 bits per heavy atom. The van der Waals surface area contributed by atoms with Gasteiger partial charge in [0.25, 0.3) is 0 Å². The summed E-state index contributed by atoms with van der Waals surface area (Å²) in [5.74, 6) is -0.223. The fourth-order valence-electron chi connectivity index (χ4n) is 2.73. The zero-order valence-electron chi connectivity index (χ0n) is 17.4. The third kappa shape index (κ3) is 7.86. The summed E-state index contributed by atoms with van der Waals surface area (Å²) < 4.78 is 11.6. The maximum Gasteiger partial charge on any atom is 0.410 e. The number of hydrogen-bond donors (Lipinski definition) is 1. The molecule has 0 saturated heterocycles. The third-order valence-electron chi connectivity index (χ3n) is 4.16. The molecule has 0 heterocycles. The van der Waals surface area contributed by atoms with E-state index in [1.165, 1.54) is 0 Å². The summed E-state index contributed by atoms with van der Waals surface area (Å²) in [6, 6.07) is 16.8. The van der Waals surface area contributed by atoms with Crippen molar-refractivity contribution in [2.75, 3.05) is 13.6 Å². The van der Waals surface area contributed by atoms with Crippen LogP contribution in [-0.4, -0.2) is 41.3 Å². The molecule has 0 spiro atoms. The standard InChI is InChI=1S/C23H29NO5/c1-23(2,3)29-22(27)24(4)15-14-20(18-8-6-5-7-9-18)28-19-12-10-17(11-13-19)16-21(25)26/h5-13,20H,14-16H2,1-4H3,(H,25,26)/t20-/m1/s1. The number of rotatable bonds is 8. The zero-order chi connectivity index (χ0) is 21.4. The van der Waals surface area contributed by atoms with Gasteiger partial charge in [0.1, 0.15) is 17.5 Å². The van der Waals surface area contributed by atoms with Crippen LogP contribution in [-0.2, 0) is 16.0 Å². The number of nitrogens with zero attached hydrogens (tertiary/aromatic N) is 1. The molecule has 0 aliphatic heterocycles. The molecule has 6 nitrogen and oxygen atoms in total. The molecule has 1 N–H and O–H groups in total. The number of carbonyl (C=O) groups excluding carboxylic acids is 1. The van der Waals surface area contributed by atoms with E-state index in [4.69, 9.17) is 14.6 Å². The van der Waals surface area contributed by atoms with Crippen LogP contribution < -0.4 is 4.74 Å². The molecular formula is C23H29NO5. The second kappa shape index (κ2) is 9.96. The van der Waals surface area contributed by atoms with E-state index in [1.54, 1.807) is 36.2 Å². The minimum atomic E-state index is -0.869. The summed E-state index contributed by atoms with van der Waals surface area (Å²) in [6.45, 7) is 5.97. The number of carbonyl (C=O) groups is 2. The van der Waals surface area contributed by atoms with Gasteiger partial charge < -0.3 is 19.5 Å². The Labute approximate surface area is 172 Å². The Kier molecular flexibility index (Phi) is 7.65. The van der Waals surface area contributed by atoms with Crippen molar-refractivity contribution < 1.29 is 24.2 Å². The van der Waals surface area contributed by atoms with Crippen LogP contribution in [0.1, 0.15) is 44.4 Å². The molecule has 0 aromatic heterocycles. The van der Waals surface area contributed by atoms with E-state index in [9.17, 15) is 9.59 Å². The van der Waals surface area contributed by atoms with Crippen LogP contribution in [0.25, 0.3) is 0 Å². The highest BCUT2D eigenvalue weighted by molar-refractivity contribution is 5.70. The van der Waals surface area contributed by atoms with Gasteiger partial charge in [0.15, 0.2) is 0 Å². The summed E-state index contributed by atoms with van der Waals surface area (Å²) in [7, 11) is 1.71. The van der Waals surface area contributed by atoms with Gasteiger partial charge in [-0.05, 0) is 44.0 Å². The van der Waals surface area contributed by atoms with Crippen LogP contribution in [0.15, 0.2) is 54.6 Å². The van der Waals surface area contributed by atoms with E-state index in [0.717, 1.165) is 5.56 Å². The Balaban J connectivity index is 2.06. The van der Waals surface area contributed by atoms with Crippen LogP contribution >= 0.6 is 0 Å². The molecule has 2 rings (SSSR count). The van der Waals surface area contributed by atoms with Gasteiger partial charge in [-0.1, -0.05) is 42.5 Å². The van der Waals surface area contributed by atoms with E-state index in [2.05, 4.69) is 0 Å². The molecule has 29 heavy (non-hydrogen) atoms. The highest BCUT2D eigenvalue weighted by Gasteiger charge is 2.21. The molecule has 1 amide bonds. The topological polar surface area (TPSA) is 76.1 Å². The number of benzene rings is 2. The first kappa shape index (κ1) is 22.3. The number of amides is 1. The van der Waals surface area contributed by atoms with Gasteiger partial charge in [-0.15, -0.1) is 0 Å². The van der Waals surface area contributed by atoms with Gasteiger partial charge in [0, 0.05) is 20.0 Å². The average molecular weight is 399 g/mol. The van der Waals surface area contributed by atoms with Crippen molar-refractivity contribution in [1.82, 2.24) is 4.90 Å². The molecule has 0 unspecified atom stereocenters. The molecule has 0 radical (unpaired) electrons. The molecule has 156 valence electrons. The Morgan fingerprint density at radius 2 is 1.66 bits per heavy atom. The summed E-state index contributed by atoms with van der Waals surface area (Å²) >= 11 is 0. The normalized spacial score (nSPS) is 12.1. The van der Waals surface area contributed by atoms with Gasteiger partial charge in [-0.2, -0.15) is 0 Å². The van der Waals surface area contributed by atoms with Crippen molar-refractivity contribution >= 4 is 12.1 Å². The van der Waals surface area contributed by atoms with Crippen molar-refractivity contribution in [3.05, 3.63) is 65.7 Å². The van der Waals surface area contributed by atoms with Crippen molar-refractivity contribution in [2.45, 2.75) is 45.3 Å². The molecule has 6 heteroatoms. The first-order valence-electron chi connectivity index (χ1n) is 9.60. The molecule has 0 saturated carbocycles. The average Bonchev–Trinajstić information content (AvgIpc) is 2.65. The van der Waals surface area contributed by atoms with E-state index in [1.807, 2.05) is 51.1 Å². The molecule has 0 aliphatic carbocycles. The van der Waals surface area contributed by atoms with Crippen LogP contribution in [0.5, 0.6) is 5.75 Å². The van der Waals surface area contributed by atoms with Crippen LogP contribution in [0, 0.1) is 0 Å². The molecule has 1 atom stereocenters. The number of carboxylic acid groups (broad SMARTS) is 1. The fourth-order valence-corrected chi connectivity index (χ4v) is 2.73. The zero-order valence-corrected chi connectivity index (χ0v) is 17.4. The van der Waals surface area contributed by atoms with Crippen molar-refractivity contribution in [3.63, 3.8) is 0 Å². The Morgan fingerprint density at radius 3 is 2.21 bits per heavy atom. The monoisotopic (exact) mass is 399 g/mol. The van der Waals surface area contributed by atoms with Gasteiger partial charge in [0.05, 0.1) is 6.42 Å². The van der Waals surface area contributed by atoms with Gasteiger partial charge in [0.2, 0.25) is 0 Å². The second-order valence-corrected chi connectivity index (χ2v) is 7.92. The van der Waals surface area contributed by atoms with Crippen molar-refractivity contribution in [2.24, 2.45) is 0 Å². The fraction of sp³-hybridized carbons (Fsp3) is 0.391. The smallest absolute Gasteiger partial charge is 0.410 e. The lowest BCUT2D eigenvalue weighted by atomic mass is 10.1. The largest absolute Gasteiger partial charge is 0.486 e. The third-order valence-corrected chi connectivity index (χ3v) is 4.16. The summed E-state index contributed by atoms with van der Waals surface area (Å²) in [4.78, 5) is 24.6. The SMILES string of the molecule is CN(CC[C@@H](Oc1ccc(CC(=O)O)cc1)c1ccccc1)C(=O)OC(C)(C)C. The Bertz CT molecular complexity index is 796. The minimum Gasteiger partial charge on any atom is -0.486 e. The summed E-state index contributed by atoms with van der Waals surface area (Å²) in [5, 5.41) is 8.89. The van der Waals surface area contributed by atoms with E-state index >= 15 is 0 Å². The number of ether oxygens (including phenoxy) is 2. The number of aliphatic carboxylic acids is 1. The molecule has 0 bridgehead atoms. The van der Waals surface area contributed by atoms with Crippen molar-refractivity contribution in [1.29, 1.82) is 0 Å². The summed E-state index contributed by atoms with van der Waals surface area (Å²) in [6.07, 6.45) is -0.0755. The van der Waals surface area contributed by atoms with E-state index < -0.39 is 11.6 Å². The lowest BCUT2D eigenvalue weighted by Gasteiger charge is -2.26. The lowest BCUT2D eigenvalue weighted by molar-refractivity contribution is -0.136. The van der Waals surface area contributed by atoms with E-state index in [0.29, 0.717) is 24.3 Å². The number of carboxylic acids is 1. The van der Waals surface area contributed by atoms with Crippen LogP contribution in [0.3, 0.4) is 0 Å². The maximum atomic E-state index is 12.2. The van der Waals surface area contributed by atoms with Crippen LogP contribution in [0.2, 0.25) is 0 Å². The lowest BCUT2D eigenvalue weighted by Crippen LogP contribution is -2.35. The molecular weight excluding hydrogens is 370 g/mol. The molecule has 2 aromatic rings. The first-order valence-corrected chi connectivity index (χ1v) is 9.60. The van der Waals surface area contributed by atoms with Crippen LogP contribution in [0.4, 0.5) is 4.79 Å². The van der Waals surface area contributed by atoms with E-state index in [-0.39, 0.29) is 18.6 Å². The first-order chi connectivity index (χ1) is 13.6. The van der Waals surface area contributed by atoms with Crippen molar-refractivity contribution in [3.8, 4) is 5.75 Å². The molecule has 2 aromatic carbocycles. The quantitative estimate of drug-likeness (QED) is 0.697. The minimum absolute atomic E-state index is 0.0247. The summed E-state index contributed by atoms with van der Waals surface area (Å²) in [5.41, 5.74) is 1.17. The Hall–Kier alpha value is -3.02. The van der Waals surface area contributed by atoms with Gasteiger partial charge in [-0.3, -0.25) is 4.79 Å². The van der Waals surface area contributed by atoms with Gasteiger partial charge >= 0.3 is 12.1 Å². The molecule has 0 aliphatic rings. The maximum absolute atomic E-state index is 12.2. The van der Waals surface area contributed by atoms with Gasteiger partial charge in [-0.25, -0.2) is 4.79 Å². The number of hydrogen-bond acceptors (Lipinski definition) is 4. The predicted octanol–water partition coefficient (Wildman–Crippen LogP) is 4.69. The molecule has 0 fully saturated rings.